The molecule has 1 atom stereocenters. The molecule has 1 unspecified atom stereocenters. The van der Waals surface area contributed by atoms with Crippen LogP contribution < -0.4 is 5.32 Å². The molecule has 0 spiro atoms. The summed E-state index contributed by atoms with van der Waals surface area (Å²) < 4.78 is 10.3. The van der Waals surface area contributed by atoms with Gasteiger partial charge in [-0.15, -0.1) is 0 Å². The molecular weight excluding hydrogens is 352 g/mol. The Bertz CT molecular complexity index is 406. The summed E-state index contributed by atoms with van der Waals surface area (Å²) >= 11 is 0. The maximum atomic E-state index is 12.6. The van der Waals surface area contributed by atoms with Gasteiger partial charge in [0.1, 0.15) is 19.5 Å². The quantitative estimate of drug-likeness (QED) is 0.267. The molecule has 2 N–H and O–H groups in total. The molecule has 8 nitrogen and oxygen atoms in total. The molecule has 0 aromatic carbocycles. The summed E-state index contributed by atoms with van der Waals surface area (Å²) in [6.45, 7) is 3.54. The van der Waals surface area contributed by atoms with Crippen LogP contribution >= 0.6 is 0 Å². The summed E-state index contributed by atoms with van der Waals surface area (Å²) in [7, 11) is 1.58. The predicted molar refractivity (Wildman–Crippen MR) is 102 cm³/mol. The lowest BCUT2D eigenvalue weighted by Crippen LogP contribution is -2.43. The van der Waals surface area contributed by atoms with Crippen molar-refractivity contribution in [3.05, 3.63) is 0 Å². The van der Waals surface area contributed by atoms with Gasteiger partial charge in [0.05, 0.1) is 13.2 Å². The number of nitrogens with one attached hydrogen (secondary N) is 1. The van der Waals surface area contributed by atoms with Crippen LogP contribution in [0.15, 0.2) is 0 Å². The molecule has 0 saturated carbocycles. The Hall–Kier alpha value is -1.51. The topological polar surface area (TPSA) is 105 Å². The van der Waals surface area contributed by atoms with Crippen LogP contribution in [0.2, 0.25) is 0 Å². The van der Waals surface area contributed by atoms with Gasteiger partial charge in [0, 0.05) is 32.7 Å². The number of hydrogen-bond acceptors (Lipinski definition) is 6. The Balaban J connectivity index is 4.49. The van der Waals surface area contributed by atoms with Crippen molar-refractivity contribution < 1.29 is 29.0 Å². The minimum absolute atomic E-state index is 0.0279. The van der Waals surface area contributed by atoms with Gasteiger partial charge in [0.25, 0.3) is 0 Å². The van der Waals surface area contributed by atoms with E-state index >= 15 is 0 Å². The highest BCUT2D eigenvalue weighted by Gasteiger charge is 2.21. The van der Waals surface area contributed by atoms with Gasteiger partial charge in [-0.3, -0.25) is 9.59 Å². The molecule has 158 valence electrons. The molecule has 0 bridgehead atoms. The van der Waals surface area contributed by atoms with Crippen LogP contribution in [0.3, 0.4) is 0 Å². The second kappa shape index (κ2) is 17.9. The first kappa shape index (κ1) is 25.5. The fourth-order valence-electron chi connectivity index (χ4n) is 2.77. The predicted octanol–water partition coefficient (Wildman–Crippen LogP) is 0.905. The number of nitrogens with zero attached hydrogens (tertiary/aromatic N) is 1. The van der Waals surface area contributed by atoms with Gasteiger partial charge in [-0.25, -0.2) is 0 Å². The Kier molecular flexibility index (Phi) is 16.9. The first-order chi connectivity index (χ1) is 13.1. The van der Waals surface area contributed by atoms with Gasteiger partial charge in [-0.05, 0) is 38.5 Å². The molecule has 0 aromatic rings. The number of hydrogen-bond donors (Lipinski definition) is 2. The Morgan fingerprint density at radius 3 is 2.59 bits per heavy atom. The van der Waals surface area contributed by atoms with E-state index in [-0.39, 0.29) is 24.5 Å². The number of rotatable bonds is 18. The Morgan fingerprint density at radius 1 is 1.19 bits per heavy atom. The zero-order valence-electron chi connectivity index (χ0n) is 16.8. The van der Waals surface area contributed by atoms with Gasteiger partial charge in [-0.1, -0.05) is 6.92 Å². The molecule has 0 saturated heterocycles. The highest BCUT2D eigenvalue weighted by atomic mass is 16.5. The molecule has 8 heteroatoms. The monoisotopic (exact) mass is 388 g/mol. The SMILES string of the molecule is CCC(CCCCNC(=O)CO)N(CCCCC=O)C(=O)COCCOC. The van der Waals surface area contributed by atoms with Gasteiger partial charge in [-0.2, -0.15) is 0 Å². The molecule has 0 radical (unpaired) electrons. The molecule has 0 aliphatic heterocycles. The number of amides is 2. The standard InChI is InChI=1S/C19H36N2O6/c1-3-17(9-5-6-10-20-18(24)15-23)21(11-7-4-8-12-22)19(25)16-27-14-13-26-2/h12,17,23H,3-11,13-16H2,1-2H3,(H,20,24). The van der Waals surface area contributed by atoms with E-state index in [1.807, 2.05) is 4.90 Å². The molecule has 0 aromatic heterocycles. The van der Waals surface area contributed by atoms with E-state index in [2.05, 4.69) is 12.2 Å². The van der Waals surface area contributed by atoms with E-state index in [0.29, 0.717) is 32.7 Å². The summed E-state index contributed by atoms with van der Waals surface area (Å²) in [5.74, 6) is -0.417. The van der Waals surface area contributed by atoms with Crippen LogP contribution in [-0.2, 0) is 23.9 Å². The molecule has 27 heavy (non-hydrogen) atoms. The van der Waals surface area contributed by atoms with Crippen LogP contribution in [0, 0.1) is 0 Å². The Labute approximate surface area is 162 Å². The largest absolute Gasteiger partial charge is 0.387 e. The van der Waals surface area contributed by atoms with Crippen LogP contribution in [0.25, 0.3) is 0 Å². The molecule has 0 aliphatic carbocycles. The molecule has 0 aliphatic rings. The second-order valence-corrected chi connectivity index (χ2v) is 6.36. The lowest BCUT2D eigenvalue weighted by atomic mass is 10.0. The fraction of sp³-hybridized carbons (Fsp3) is 0.842. The Morgan fingerprint density at radius 2 is 1.96 bits per heavy atom. The van der Waals surface area contributed by atoms with Gasteiger partial charge >= 0.3 is 0 Å². The van der Waals surface area contributed by atoms with E-state index in [1.54, 1.807) is 7.11 Å². The van der Waals surface area contributed by atoms with E-state index in [0.717, 1.165) is 44.8 Å². The number of aldehydes is 1. The average Bonchev–Trinajstić information content (AvgIpc) is 2.68. The van der Waals surface area contributed by atoms with Gasteiger partial charge < -0.3 is 29.6 Å². The molecule has 0 heterocycles. The zero-order chi connectivity index (χ0) is 20.3. The smallest absolute Gasteiger partial charge is 0.248 e. The number of unbranched alkanes of at least 4 members (excludes halogenated alkanes) is 3. The highest BCUT2D eigenvalue weighted by Crippen LogP contribution is 2.14. The van der Waals surface area contributed by atoms with E-state index in [4.69, 9.17) is 14.6 Å². The number of carbonyl (C=O) groups excluding carboxylic acids is 3. The number of aliphatic hydroxyl groups is 1. The van der Waals surface area contributed by atoms with Crippen molar-refractivity contribution >= 4 is 18.1 Å². The van der Waals surface area contributed by atoms with Gasteiger partial charge in [0.2, 0.25) is 11.8 Å². The summed E-state index contributed by atoms with van der Waals surface area (Å²) in [6.07, 6.45) is 6.29. The van der Waals surface area contributed by atoms with Crippen LogP contribution in [0.1, 0.15) is 51.9 Å². The fourth-order valence-corrected chi connectivity index (χ4v) is 2.77. The van der Waals surface area contributed by atoms with Crippen molar-refractivity contribution in [2.45, 2.75) is 57.9 Å². The lowest BCUT2D eigenvalue weighted by Gasteiger charge is -2.31. The van der Waals surface area contributed by atoms with E-state index in [9.17, 15) is 14.4 Å². The maximum absolute atomic E-state index is 12.6. The van der Waals surface area contributed by atoms with Crippen molar-refractivity contribution in [1.29, 1.82) is 0 Å². The van der Waals surface area contributed by atoms with Gasteiger partial charge in [0.15, 0.2) is 0 Å². The number of carbonyl (C=O) groups is 3. The average molecular weight is 389 g/mol. The number of methoxy groups -OCH3 is 1. The van der Waals surface area contributed by atoms with Crippen molar-refractivity contribution in [3.63, 3.8) is 0 Å². The zero-order valence-corrected chi connectivity index (χ0v) is 16.8. The summed E-state index contributed by atoms with van der Waals surface area (Å²) in [4.78, 5) is 36.0. The molecule has 0 rings (SSSR count). The van der Waals surface area contributed by atoms with Crippen molar-refractivity contribution in [2.75, 3.05) is 46.6 Å². The normalized spacial score (nSPS) is 11.8. The lowest BCUT2D eigenvalue weighted by molar-refractivity contribution is -0.139. The summed E-state index contributed by atoms with van der Waals surface area (Å²) in [5.41, 5.74) is 0. The van der Waals surface area contributed by atoms with Crippen molar-refractivity contribution in [2.24, 2.45) is 0 Å². The van der Waals surface area contributed by atoms with Crippen molar-refractivity contribution in [3.8, 4) is 0 Å². The molecule has 0 fully saturated rings. The van der Waals surface area contributed by atoms with Crippen LogP contribution in [-0.4, -0.2) is 80.8 Å². The third kappa shape index (κ3) is 13.3. The molecule has 2 amide bonds. The third-order valence-electron chi connectivity index (χ3n) is 4.29. The maximum Gasteiger partial charge on any atom is 0.248 e. The first-order valence-corrected chi connectivity index (χ1v) is 9.77. The number of ether oxygens (including phenoxy) is 2. The highest BCUT2D eigenvalue weighted by molar-refractivity contribution is 5.78. The van der Waals surface area contributed by atoms with E-state index in [1.165, 1.54) is 0 Å². The molecular formula is C19H36N2O6. The summed E-state index contributed by atoms with van der Waals surface area (Å²) in [5, 5.41) is 11.3. The first-order valence-electron chi connectivity index (χ1n) is 9.77. The minimum Gasteiger partial charge on any atom is -0.387 e. The van der Waals surface area contributed by atoms with Crippen molar-refractivity contribution in [1.82, 2.24) is 10.2 Å². The van der Waals surface area contributed by atoms with E-state index < -0.39 is 6.61 Å². The van der Waals surface area contributed by atoms with Crippen LogP contribution in [0.4, 0.5) is 0 Å². The van der Waals surface area contributed by atoms with Crippen LogP contribution in [0.5, 0.6) is 0 Å². The third-order valence-corrected chi connectivity index (χ3v) is 4.29. The summed E-state index contributed by atoms with van der Waals surface area (Å²) in [6, 6.07) is 0.105. The minimum atomic E-state index is -0.496. The second-order valence-electron chi connectivity index (χ2n) is 6.36. The number of aliphatic hydroxyl groups excluding tert-OH is 1.